The molecule has 0 saturated heterocycles. The van der Waals surface area contributed by atoms with Gasteiger partial charge in [-0.2, -0.15) is 0 Å². The predicted molar refractivity (Wildman–Crippen MR) is 73.6 cm³/mol. The molecule has 0 aliphatic heterocycles. The van der Waals surface area contributed by atoms with Crippen LogP contribution in [0.2, 0.25) is 0 Å². The van der Waals surface area contributed by atoms with Crippen molar-refractivity contribution in [1.82, 2.24) is 4.98 Å². The summed E-state index contributed by atoms with van der Waals surface area (Å²) in [6.07, 6.45) is 9.57. The molecule has 3 aliphatic carbocycles. The lowest BCUT2D eigenvalue weighted by Crippen LogP contribution is -2.25. The topological polar surface area (TPSA) is 38.9 Å². The van der Waals surface area contributed by atoms with E-state index in [4.69, 9.17) is 10.7 Å². The van der Waals surface area contributed by atoms with Crippen LogP contribution in [0.4, 0.5) is 5.69 Å². The van der Waals surface area contributed by atoms with Crippen molar-refractivity contribution in [2.45, 2.75) is 51.4 Å². The monoisotopic (exact) mass is 240 g/mol. The van der Waals surface area contributed by atoms with E-state index in [1.165, 1.54) is 41.8 Å². The minimum absolute atomic E-state index is 0.641. The Morgan fingerprint density at radius 3 is 3.00 bits per heavy atom. The lowest BCUT2D eigenvalue weighted by atomic mass is 9.71. The second-order valence-electron chi connectivity index (χ2n) is 6.28. The van der Waals surface area contributed by atoms with Crippen molar-refractivity contribution in [1.29, 1.82) is 0 Å². The molecule has 2 unspecified atom stereocenters. The third kappa shape index (κ3) is 1.38. The van der Waals surface area contributed by atoms with Crippen LogP contribution < -0.4 is 5.73 Å². The van der Waals surface area contributed by atoms with Crippen LogP contribution in [-0.4, -0.2) is 4.98 Å². The summed E-state index contributed by atoms with van der Waals surface area (Å²) < 4.78 is 0. The van der Waals surface area contributed by atoms with Crippen LogP contribution in [0.5, 0.6) is 0 Å². The summed E-state index contributed by atoms with van der Waals surface area (Å²) in [6, 6.07) is 0. The molecule has 94 valence electrons. The second kappa shape index (κ2) is 3.59. The quantitative estimate of drug-likeness (QED) is 0.707. The molecule has 2 bridgehead atoms. The number of nitrogen functional groups attached to an aromatic ring is 1. The minimum atomic E-state index is 0.641. The van der Waals surface area contributed by atoms with E-state index in [0.29, 0.717) is 11.8 Å². The molecule has 0 spiro atoms. The van der Waals surface area contributed by atoms with Crippen molar-refractivity contribution < 1.29 is 0 Å². The Bertz CT molecular complexity index is 557. The van der Waals surface area contributed by atoms with E-state index >= 15 is 0 Å². The molecule has 0 saturated carbocycles. The fraction of sp³-hybridized carbons (Fsp3) is 0.562. The molecule has 2 atom stereocenters. The van der Waals surface area contributed by atoms with E-state index in [1.54, 1.807) is 5.57 Å². The van der Waals surface area contributed by atoms with E-state index in [-0.39, 0.29) is 0 Å². The number of aryl methyl sites for hydroxylation is 1. The van der Waals surface area contributed by atoms with E-state index < -0.39 is 0 Å². The Balaban J connectivity index is 1.89. The number of anilines is 1. The highest BCUT2D eigenvalue weighted by Gasteiger charge is 2.34. The van der Waals surface area contributed by atoms with Crippen LogP contribution in [0, 0.1) is 5.92 Å². The lowest BCUT2D eigenvalue weighted by molar-refractivity contribution is 0.431. The van der Waals surface area contributed by atoms with Crippen LogP contribution in [0.25, 0.3) is 0 Å². The van der Waals surface area contributed by atoms with Crippen molar-refractivity contribution in [2.75, 3.05) is 5.73 Å². The summed E-state index contributed by atoms with van der Waals surface area (Å²) >= 11 is 0. The largest absolute Gasteiger partial charge is 0.398 e. The normalized spacial score (nSPS) is 28.6. The van der Waals surface area contributed by atoms with E-state index in [2.05, 4.69) is 13.0 Å². The fourth-order valence-electron chi connectivity index (χ4n) is 4.28. The van der Waals surface area contributed by atoms with Gasteiger partial charge in [-0.15, -0.1) is 0 Å². The number of pyridine rings is 1. The molecule has 4 rings (SSSR count). The molecule has 0 aromatic carbocycles. The molecule has 1 heterocycles. The van der Waals surface area contributed by atoms with Gasteiger partial charge in [0.15, 0.2) is 0 Å². The first-order valence-electron chi connectivity index (χ1n) is 7.19. The molecule has 0 radical (unpaired) electrons. The number of rotatable bonds is 0. The first-order chi connectivity index (χ1) is 8.72. The van der Waals surface area contributed by atoms with Gasteiger partial charge in [0.2, 0.25) is 0 Å². The Labute approximate surface area is 108 Å². The van der Waals surface area contributed by atoms with Gasteiger partial charge in [0.05, 0.1) is 0 Å². The summed E-state index contributed by atoms with van der Waals surface area (Å²) in [6.45, 7) is 2.27. The summed E-state index contributed by atoms with van der Waals surface area (Å²) in [5, 5.41) is 0. The minimum Gasteiger partial charge on any atom is -0.398 e. The fourth-order valence-corrected chi connectivity index (χ4v) is 4.28. The number of hydrogen-bond acceptors (Lipinski definition) is 2. The maximum Gasteiger partial charge on any atom is 0.0468 e. The van der Waals surface area contributed by atoms with E-state index in [9.17, 15) is 0 Å². The third-order valence-electron chi connectivity index (χ3n) is 4.92. The van der Waals surface area contributed by atoms with Crippen LogP contribution in [0.1, 0.15) is 54.6 Å². The van der Waals surface area contributed by atoms with Crippen molar-refractivity contribution in [2.24, 2.45) is 5.92 Å². The van der Waals surface area contributed by atoms with E-state index in [1.807, 2.05) is 0 Å². The zero-order valence-corrected chi connectivity index (χ0v) is 11.0. The van der Waals surface area contributed by atoms with Gasteiger partial charge >= 0.3 is 0 Å². The maximum atomic E-state index is 6.48. The standard InChI is InChI=1S/C16H20N2/c1-9-5-10-7-11(6-9)15-14(8-10)18-13-4-2-3-12(13)16(15)17/h5,10-11H,2-4,6-8H2,1H3,(H2,17,18). The molecule has 2 N–H and O–H groups in total. The van der Waals surface area contributed by atoms with Gasteiger partial charge in [-0.25, -0.2) is 0 Å². The molecule has 3 aliphatic rings. The Hall–Kier alpha value is -1.31. The van der Waals surface area contributed by atoms with Gasteiger partial charge in [-0.1, -0.05) is 11.6 Å². The molecular formula is C16H20N2. The smallest absolute Gasteiger partial charge is 0.0468 e. The Morgan fingerprint density at radius 1 is 1.22 bits per heavy atom. The number of nitrogens with zero attached hydrogens (tertiary/aromatic N) is 1. The average Bonchev–Trinajstić information content (AvgIpc) is 2.76. The number of allylic oxidation sites excluding steroid dienone is 2. The number of fused-ring (bicyclic) bond motifs is 5. The zero-order chi connectivity index (χ0) is 12.3. The molecule has 1 aromatic rings. The van der Waals surface area contributed by atoms with Crippen molar-refractivity contribution in [3.8, 4) is 0 Å². The zero-order valence-electron chi connectivity index (χ0n) is 11.0. The number of nitrogens with two attached hydrogens (primary N) is 1. The highest BCUT2D eigenvalue weighted by atomic mass is 14.8. The van der Waals surface area contributed by atoms with Crippen LogP contribution in [-0.2, 0) is 19.3 Å². The second-order valence-corrected chi connectivity index (χ2v) is 6.28. The van der Waals surface area contributed by atoms with E-state index in [0.717, 1.165) is 24.9 Å². The summed E-state index contributed by atoms with van der Waals surface area (Å²) in [4.78, 5) is 4.95. The van der Waals surface area contributed by atoms with Crippen molar-refractivity contribution >= 4 is 5.69 Å². The molecule has 18 heavy (non-hydrogen) atoms. The number of hydrogen-bond donors (Lipinski definition) is 1. The maximum absolute atomic E-state index is 6.48. The highest BCUT2D eigenvalue weighted by Crippen LogP contribution is 2.46. The predicted octanol–water partition coefficient (Wildman–Crippen LogP) is 3.15. The molecule has 0 amide bonds. The summed E-state index contributed by atoms with van der Waals surface area (Å²) in [7, 11) is 0. The molecular weight excluding hydrogens is 220 g/mol. The average molecular weight is 240 g/mol. The molecule has 2 heteroatoms. The lowest BCUT2D eigenvalue weighted by Gasteiger charge is -2.35. The molecule has 1 aromatic heterocycles. The van der Waals surface area contributed by atoms with Crippen molar-refractivity contribution in [3.05, 3.63) is 34.2 Å². The van der Waals surface area contributed by atoms with Gasteiger partial charge in [0.1, 0.15) is 0 Å². The first kappa shape index (κ1) is 10.6. The van der Waals surface area contributed by atoms with Crippen LogP contribution in [0.15, 0.2) is 11.6 Å². The van der Waals surface area contributed by atoms with Gasteiger partial charge in [0.25, 0.3) is 0 Å². The summed E-state index contributed by atoms with van der Waals surface area (Å²) in [5.74, 6) is 1.35. The summed E-state index contributed by atoms with van der Waals surface area (Å²) in [5.41, 5.74) is 14.5. The molecule has 0 fully saturated rings. The number of aromatic nitrogens is 1. The Morgan fingerprint density at radius 2 is 2.11 bits per heavy atom. The first-order valence-corrected chi connectivity index (χ1v) is 7.19. The van der Waals surface area contributed by atoms with Crippen LogP contribution in [0.3, 0.4) is 0 Å². The third-order valence-corrected chi connectivity index (χ3v) is 4.92. The van der Waals surface area contributed by atoms with Crippen molar-refractivity contribution in [3.63, 3.8) is 0 Å². The van der Waals surface area contributed by atoms with Gasteiger partial charge in [-0.05, 0) is 62.8 Å². The Kier molecular flexibility index (Phi) is 2.12. The SMILES string of the molecule is CC1=CC2Cc3nc4c(c(N)c3C(C1)C2)CCC4. The van der Waals surface area contributed by atoms with Crippen LogP contribution >= 0.6 is 0 Å². The highest BCUT2D eigenvalue weighted by molar-refractivity contribution is 5.61. The molecule has 2 nitrogen and oxygen atoms in total. The van der Waals surface area contributed by atoms with Gasteiger partial charge < -0.3 is 5.73 Å². The van der Waals surface area contributed by atoms with Gasteiger partial charge in [-0.3, -0.25) is 4.98 Å². The van der Waals surface area contributed by atoms with Gasteiger partial charge in [0, 0.05) is 22.6 Å².